The minimum Gasteiger partial charge on any atom is -0.347 e. The molecule has 0 bridgehead atoms. The lowest BCUT2D eigenvalue weighted by atomic mass is 10.5. The van der Waals surface area contributed by atoms with Crippen molar-refractivity contribution in [3.05, 3.63) is 28.0 Å². The standard InChI is InChI=1S/C9H11N5O2S/c1-12(2)7(15)6-13-9(16)14(11-10-13)8-4-3-5-17-8/h3-5H,6H2,1-2H3. The highest BCUT2D eigenvalue weighted by Crippen LogP contribution is 2.10. The van der Waals surface area contributed by atoms with Crippen molar-refractivity contribution in [2.45, 2.75) is 6.54 Å². The molecular weight excluding hydrogens is 242 g/mol. The van der Waals surface area contributed by atoms with Gasteiger partial charge >= 0.3 is 5.69 Å². The summed E-state index contributed by atoms with van der Waals surface area (Å²) in [6, 6.07) is 3.58. The molecular formula is C9H11N5O2S. The summed E-state index contributed by atoms with van der Waals surface area (Å²) in [5, 5.41) is 9.92. The summed E-state index contributed by atoms with van der Waals surface area (Å²) < 4.78 is 2.22. The van der Waals surface area contributed by atoms with Crippen molar-refractivity contribution in [3.8, 4) is 5.00 Å². The molecule has 0 aliphatic carbocycles. The van der Waals surface area contributed by atoms with Gasteiger partial charge in [0.15, 0.2) is 0 Å². The summed E-state index contributed by atoms with van der Waals surface area (Å²) in [7, 11) is 3.24. The number of carbonyl (C=O) groups excluding carboxylic acids is 1. The molecule has 0 radical (unpaired) electrons. The van der Waals surface area contributed by atoms with E-state index in [2.05, 4.69) is 10.4 Å². The molecule has 0 aromatic carbocycles. The lowest BCUT2D eigenvalue weighted by Crippen LogP contribution is -2.32. The van der Waals surface area contributed by atoms with Crippen LogP contribution in [0.5, 0.6) is 0 Å². The fourth-order valence-electron chi connectivity index (χ4n) is 1.17. The molecule has 0 atom stereocenters. The van der Waals surface area contributed by atoms with Crippen LogP contribution in [0.15, 0.2) is 22.3 Å². The van der Waals surface area contributed by atoms with Crippen LogP contribution in [-0.4, -0.2) is 44.7 Å². The first-order chi connectivity index (χ1) is 8.09. The van der Waals surface area contributed by atoms with Gasteiger partial charge < -0.3 is 4.90 Å². The number of tetrazole rings is 1. The molecule has 0 spiro atoms. The van der Waals surface area contributed by atoms with Crippen molar-refractivity contribution in [1.82, 2.24) is 24.7 Å². The topological polar surface area (TPSA) is 73.0 Å². The normalized spacial score (nSPS) is 10.5. The zero-order valence-electron chi connectivity index (χ0n) is 9.40. The van der Waals surface area contributed by atoms with Crippen molar-refractivity contribution in [1.29, 1.82) is 0 Å². The monoisotopic (exact) mass is 253 g/mol. The van der Waals surface area contributed by atoms with Gasteiger partial charge in [0.25, 0.3) is 0 Å². The van der Waals surface area contributed by atoms with E-state index in [0.717, 1.165) is 4.68 Å². The number of thiophene rings is 1. The molecule has 0 saturated carbocycles. The largest absolute Gasteiger partial charge is 0.369 e. The number of aromatic nitrogens is 4. The van der Waals surface area contributed by atoms with Crippen LogP contribution in [0.25, 0.3) is 5.00 Å². The third-order valence-electron chi connectivity index (χ3n) is 2.14. The van der Waals surface area contributed by atoms with Crippen LogP contribution >= 0.6 is 11.3 Å². The molecule has 0 aliphatic rings. The van der Waals surface area contributed by atoms with Crippen molar-refractivity contribution >= 4 is 17.2 Å². The van der Waals surface area contributed by atoms with Gasteiger partial charge in [-0.2, -0.15) is 9.36 Å². The Morgan fingerprint density at radius 3 is 2.82 bits per heavy atom. The van der Waals surface area contributed by atoms with Crippen LogP contribution in [0.3, 0.4) is 0 Å². The van der Waals surface area contributed by atoms with Crippen molar-refractivity contribution < 1.29 is 4.79 Å². The molecule has 0 unspecified atom stereocenters. The average Bonchev–Trinajstić information content (AvgIpc) is 2.89. The second kappa shape index (κ2) is 4.50. The molecule has 2 aromatic rings. The van der Waals surface area contributed by atoms with Crippen molar-refractivity contribution in [3.63, 3.8) is 0 Å². The van der Waals surface area contributed by atoms with Crippen LogP contribution in [0, 0.1) is 0 Å². The van der Waals surface area contributed by atoms with E-state index in [1.54, 1.807) is 20.2 Å². The van der Waals surface area contributed by atoms with E-state index in [0.29, 0.717) is 5.00 Å². The van der Waals surface area contributed by atoms with E-state index < -0.39 is 5.69 Å². The Labute approximate surface area is 101 Å². The zero-order chi connectivity index (χ0) is 12.4. The van der Waals surface area contributed by atoms with Gasteiger partial charge in [-0.1, -0.05) is 0 Å². The first-order valence-corrected chi connectivity index (χ1v) is 5.74. The quantitative estimate of drug-likeness (QED) is 0.744. The number of hydrogen-bond donors (Lipinski definition) is 0. The van der Waals surface area contributed by atoms with Crippen molar-refractivity contribution in [2.75, 3.05) is 14.1 Å². The Morgan fingerprint density at radius 2 is 2.24 bits per heavy atom. The molecule has 2 rings (SSSR count). The SMILES string of the molecule is CN(C)C(=O)Cn1nnn(-c2cccs2)c1=O. The molecule has 0 aliphatic heterocycles. The van der Waals surface area contributed by atoms with Crippen LogP contribution in [0.2, 0.25) is 0 Å². The molecule has 90 valence electrons. The summed E-state index contributed by atoms with van der Waals surface area (Å²) in [5.41, 5.74) is -0.414. The molecule has 2 aromatic heterocycles. The van der Waals surface area contributed by atoms with Gasteiger partial charge in [0, 0.05) is 14.1 Å². The van der Waals surface area contributed by atoms with Gasteiger partial charge in [-0.15, -0.1) is 11.3 Å². The summed E-state index contributed by atoms with van der Waals surface area (Å²) in [6.45, 7) is -0.1000. The van der Waals surface area contributed by atoms with Crippen LogP contribution < -0.4 is 5.69 Å². The third kappa shape index (κ3) is 2.26. The summed E-state index contributed by atoms with van der Waals surface area (Å²) in [6.07, 6.45) is 0. The number of rotatable bonds is 3. The highest BCUT2D eigenvalue weighted by Gasteiger charge is 2.13. The lowest BCUT2D eigenvalue weighted by molar-refractivity contribution is -0.129. The molecule has 0 fully saturated rings. The number of likely N-dealkylation sites (N-methyl/N-ethyl adjacent to an activating group) is 1. The number of amides is 1. The summed E-state index contributed by atoms with van der Waals surface area (Å²) >= 11 is 1.38. The van der Waals surface area contributed by atoms with Gasteiger partial charge in [0.2, 0.25) is 5.91 Å². The van der Waals surface area contributed by atoms with E-state index in [9.17, 15) is 9.59 Å². The van der Waals surface area contributed by atoms with E-state index in [1.807, 2.05) is 11.4 Å². The Morgan fingerprint density at radius 1 is 1.47 bits per heavy atom. The van der Waals surface area contributed by atoms with Crippen LogP contribution in [0.4, 0.5) is 0 Å². The van der Waals surface area contributed by atoms with Crippen molar-refractivity contribution in [2.24, 2.45) is 0 Å². The lowest BCUT2D eigenvalue weighted by Gasteiger charge is -2.08. The van der Waals surface area contributed by atoms with Crippen LogP contribution in [0.1, 0.15) is 0 Å². The van der Waals surface area contributed by atoms with E-state index in [1.165, 1.54) is 20.9 Å². The van der Waals surface area contributed by atoms with Gasteiger partial charge in [-0.05, 0) is 27.9 Å². The maximum absolute atomic E-state index is 11.9. The molecule has 7 nitrogen and oxygen atoms in total. The second-order valence-electron chi connectivity index (χ2n) is 3.57. The fourth-order valence-corrected chi connectivity index (χ4v) is 1.84. The molecule has 0 saturated heterocycles. The predicted octanol–water partition coefficient (Wildman–Crippen LogP) is -0.421. The van der Waals surface area contributed by atoms with Gasteiger partial charge in [-0.25, -0.2) is 4.79 Å². The highest BCUT2D eigenvalue weighted by molar-refractivity contribution is 7.12. The predicted molar refractivity (Wildman–Crippen MR) is 62.2 cm³/mol. The Hall–Kier alpha value is -1.96. The Balaban J connectivity index is 2.28. The smallest absolute Gasteiger partial charge is 0.347 e. The van der Waals surface area contributed by atoms with Gasteiger partial charge in [-0.3, -0.25) is 4.79 Å². The third-order valence-corrected chi connectivity index (χ3v) is 2.98. The molecule has 2 heterocycles. The average molecular weight is 253 g/mol. The highest BCUT2D eigenvalue weighted by atomic mass is 32.1. The fraction of sp³-hybridized carbons (Fsp3) is 0.333. The van der Waals surface area contributed by atoms with E-state index in [-0.39, 0.29) is 12.5 Å². The zero-order valence-corrected chi connectivity index (χ0v) is 10.2. The van der Waals surface area contributed by atoms with Gasteiger partial charge in [0.1, 0.15) is 11.5 Å². The summed E-state index contributed by atoms with van der Waals surface area (Å²) in [5.74, 6) is -0.203. The maximum Gasteiger partial charge on any atom is 0.369 e. The molecule has 1 amide bonds. The number of carbonyl (C=O) groups is 1. The van der Waals surface area contributed by atoms with E-state index in [4.69, 9.17) is 0 Å². The first kappa shape index (κ1) is 11.5. The Bertz CT molecular complexity index is 568. The maximum atomic E-state index is 11.9. The van der Waals surface area contributed by atoms with Crippen LogP contribution in [-0.2, 0) is 11.3 Å². The van der Waals surface area contributed by atoms with E-state index >= 15 is 0 Å². The number of hydrogen-bond acceptors (Lipinski definition) is 5. The van der Waals surface area contributed by atoms with Gasteiger partial charge in [0.05, 0.1) is 0 Å². The molecule has 17 heavy (non-hydrogen) atoms. The number of nitrogens with zero attached hydrogens (tertiary/aromatic N) is 5. The summed E-state index contributed by atoms with van der Waals surface area (Å²) in [4.78, 5) is 24.7. The first-order valence-electron chi connectivity index (χ1n) is 4.86. The molecule has 0 N–H and O–H groups in total. The molecule has 8 heteroatoms. The second-order valence-corrected chi connectivity index (χ2v) is 4.50. The Kier molecular flexibility index (Phi) is 3.05. The minimum absolute atomic E-state index is 0.1000. The minimum atomic E-state index is -0.414.